The lowest BCUT2D eigenvalue weighted by atomic mass is 9.78. The average Bonchev–Trinajstić information content (AvgIpc) is 2.37. The molecule has 0 aliphatic heterocycles. The van der Waals surface area contributed by atoms with Crippen LogP contribution < -0.4 is 11.1 Å². The highest BCUT2D eigenvalue weighted by Gasteiger charge is 2.34. The highest BCUT2D eigenvalue weighted by molar-refractivity contribution is 5.82. The second kappa shape index (κ2) is 10.4. The van der Waals surface area contributed by atoms with Gasteiger partial charge in [0.15, 0.2) is 0 Å². The van der Waals surface area contributed by atoms with Crippen LogP contribution in [0.25, 0.3) is 0 Å². The summed E-state index contributed by atoms with van der Waals surface area (Å²) in [5, 5.41) is 3.08. The summed E-state index contributed by atoms with van der Waals surface area (Å²) in [6, 6.07) is 0. The lowest BCUT2D eigenvalue weighted by Crippen LogP contribution is -2.46. The number of hydrogen-bond acceptors (Lipinski definition) is 2. The van der Waals surface area contributed by atoms with Crippen LogP contribution in [-0.2, 0) is 4.79 Å². The van der Waals surface area contributed by atoms with Gasteiger partial charge in [0, 0.05) is 13.1 Å². The van der Waals surface area contributed by atoms with E-state index in [1.165, 1.54) is 19.3 Å². The zero-order chi connectivity index (χ0) is 13.9. The molecule has 0 saturated heterocycles. The van der Waals surface area contributed by atoms with Crippen LogP contribution in [0.1, 0.15) is 72.1 Å². The Bertz CT molecular complexity index is 211. The van der Waals surface area contributed by atoms with E-state index >= 15 is 0 Å². The van der Waals surface area contributed by atoms with E-state index in [0.29, 0.717) is 6.54 Å². The van der Waals surface area contributed by atoms with Crippen LogP contribution in [0.2, 0.25) is 0 Å². The van der Waals surface area contributed by atoms with Crippen molar-refractivity contribution in [2.45, 2.75) is 72.1 Å². The first kappa shape index (κ1) is 17.4. The van der Waals surface area contributed by atoms with Gasteiger partial charge in [0.25, 0.3) is 0 Å². The van der Waals surface area contributed by atoms with Crippen molar-refractivity contribution < 1.29 is 4.79 Å². The molecule has 0 aromatic rings. The number of unbranched alkanes of at least 4 members (excludes halogenated alkanes) is 3. The molecule has 0 aromatic carbocycles. The van der Waals surface area contributed by atoms with Crippen molar-refractivity contribution in [3.8, 4) is 0 Å². The first-order valence-corrected chi connectivity index (χ1v) is 7.65. The highest BCUT2D eigenvalue weighted by atomic mass is 16.2. The van der Waals surface area contributed by atoms with Gasteiger partial charge in [0.2, 0.25) is 5.91 Å². The molecule has 0 aromatic heterocycles. The number of carbonyl (C=O) groups excluding carboxylic acids is 1. The third-order valence-electron chi connectivity index (χ3n) is 3.65. The van der Waals surface area contributed by atoms with E-state index in [4.69, 9.17) is 5.73 Å². The Labute approximate surface area is 113 Å². The summed E-state index contributed by atoms with van der Waals surface area (Å²) < 4.78 is 0. The summed E-state index contributed by atoms with van der Waals surface area (Å²) in [6.45, 7) is 7.70. The molecule has 0 unspecified atom stereocenters. The quantitative estimate of drug-likeness (QED) is 0.558. The van der Waals surface area contributed by atoms with Gasteiger partial charge in [-0.1, -0.05) is 52.9 Å². The molecule has 0 atom stereocenters. The molecular formula is C15H32N2O. The molecule has 0 radical (unpaired) electrons. The van der Waals surface area contributed by atoms with Gasteiger partial charge in [-0.15, -0.1) is 0 Å². The lowest BCUT2D eigenvalue weighted by Gasteiger charge is -2.30. The zero-order valence-electron chi connectivity index (χ0n) is 12.6. The van der Waals surface area contributed by atoms with Crippen LogP contribution in [0.15, 0.2) is 0 Å². The normalized spacial score (nSPS) is 11.6. The van der Waals surface area contributed by atoms with E-state index in [9.17, 15) is 4.79 Å². The summed E-state index contributed by atoms with van der Waals surface area (Å²) in [5.74, 6) is 0.171. The molecular weight excluding hydrogens is 224 g/mol. The molecule has 0 aliphatic carbocycles. The summed E-state index contributed by atoms with van der Waals surface area (Å²) in [6.07, 6.45) is 8.60. The molecule has 3 heteroatoms. The van der Waals surface area contributed by atoms with Gasteiger partial charge in [0.05, 0.1) is 5.41 Å². The van der Waals surface area contributed by atoms with Gasteiger partial charge in [-0.05, 0) is 19.3 Å². The van der Waals surface area contributed by atoms with Crippen molar-refractivity contribution in [1.29, 1.82) is 0 Å². The predicted molar refractivity (Wildman–Crippen MR) is 78.5 cm³/mol. The second-order valence-electron chi connectivity index (χ2n) is 5.30. The second-order valence-corrected chi connectivity index (χ2v) is 5.30. The Kier molecular flexibility index (Phi) is 10.0. The molecule has 18 heavy (non-hydrogen) atoms. The average molecular weight is 256 g/mol. The van der Waals surface area contributed by atoms with Gasteiger partial charge >= 0.3 is 0 Å². The van der Waals surface area contributed by atoms with E-state index in [2.05, 4.69) is 26.1 Å². The minimum Gasteiger partial charge on any atom is -0.356 e. The Balaban J connectivity index is 4.20. The molecule has 3 N–H and O–H groups in total. The third kappa shape index (κ3) is 5.85. The maximum Gasteiger partial charge on any atom is 0.227 e. The summed E-state index contributed by atoms with van der Waals surface area (Å²) in [5.41, 5.74) is 5.55. The van der Waals surface area contributed by atoms with Crippen molar-refractivity contribution in [3.05, 3.63) is 0 Å². The molecule has 0 saturated carbocycles. The van der Waals surface area contributed by atoms with E-state index in [1.54, 1.807) is 0 Å². The van der Waals surface area contributed by atoms with Gasteiger partial charge in [-0.2, -0.15) is 0 Å². The monoisotopic (exact) mass is 256 g/mol. The first-order valence-electron chi connectivity index (χ1n) is 7.65. The molecule has 0 bridgehead atoms. The van der Waals surface area contributed by atoms with E-state index < -0.39 is 0 Å². The molecule has 0 fully saturated rings. The lowest BCUT2D eigenvalue weighted by molar-refractivity contribution is -0.131. The fourth-order valence-electron chi connectivity index (χ4n) is 2.55. The molecule has 0 spiro atoms. The van der Waals surface area contributed by atoms with E-state index in [1.807, 2.05) is 0 Å². The van der Waals surface area contributed by atoms with Crippen molar-refractivity contribution in [3.63, 3.8) is 0 Å². The summed E-state index contributed by atoms with van der Waals surface area (Å²) >= 11 is 0. The standard InChI is InChI=1S/C15H32N2O/c1-4-7-8-9-12-17-14(18)15(13-16,10-5-2)11-6-3/h4-13,16H2,1-3H3,(H,17,18). The Morgan fingerprint density at radius 3 is 2.06 bits per heavy atom. The molecule has 1 amide bonds. The van der Waals surface area contributed by atoms with Crippen molar-refractivity contribution in [2.24, 2.45) is 11.1 Å². The predicted octanol–water partition coefficient (Wildman–Crippen LogP) is 3.23. The largest absolute Gasteiger partial charge is 0.356 e. The number of nitrogens with two attached hydrogens (primary N) is 1. The van der Waals surface area contributed by atoms with Crippen LogP contribution in [-0.4, -0.2) is 19.0 Å². The fourth-order valence-corrected chi connectivity index (χ4v) is 2.55. The highest BCUT2D eigenvalue weighted by Crippen LogP contribution is 2.29. The Morgan fingerprint density at radius 2 is 1.61 bits per heavy atom. The van der Waals surface area contributed by atoms with Crippen LogP contribution >= 0.6 is 0 Å². The fraction of sp³-hybridized carbons (Fsp3) is 0.933. The van der Waals surface area contributed by atoms with Crippen LogP contribution in [0.3, 0.4) is 0 Å². The van der Waals surface area contributed by atoms with Crippen molar-refractivity contribution >= 4 is 5.91 Å². The van der Waals surface area contributed by atoms with E-state index in [-0.39, 0.29) is 11.3 Å². The van der Waals surface area contributed by atoms with Gasteiger partial charge in [-0.3, -0.25) is 4.79 Å². The van der Waals surface area contributed by atoms with Gasteiger partial charge in [0.1, 0.15) is 0 Å². The molecule has 0 heterocycles. The van der Waals surface area contributed by atoms with Crippen LogP contribution in [0, 0.1) is 5.41 Å². The first-order chi connectivity index (χ1) is 8.66. The Morgan fingerprint density at radius 1 is 1.00 bits per heavy atom. The summed E-state index contributed by atoms with van der Waals surface area (Å²) in [7, 11) is 0. The Hall–Kier alpha value is -0.570. The number of carbonyl (C=O) groups is 1. The maximum atomic E-state index is 12.3. The molecule has 0 rings (SSSR count). The van der Waals surface area contributed by atoms with Gasteiger partial charge in [-0.25, -0.2) is 0 Å². The number of rotatable bonds is 11. The van der Waals surface area contributed by atoms with Crippen LogP contribution in [0.5, 0.6) is 0 Å². The topological polar surface area (TPSA) is 55.1 Å². The molecule has 0 aliphatic rings. The van der Waals surface area contributed by atoms with Crippen molar-refractivity contribution in [2.75, 3.05) is 13.1 Å². The van der Waals surface area contributed by atoms with Crippen molar-refractivity contribution in [1.82, 2.24) is 5.32 Å². The van der Waals surface area contributed by atoms with Crippen LogP contribution in [0.4, 0.5) is 0 Å². The molecule has 3 nitrogen and oxygen atoms in total. The number of hydrogen-bond donors (Lipinski definition) is 2. The third-order valence-corrected chi connectivity index (χ3v) is 3.65. The maximum absolute atomic E-state index is 12.3. The molecule has 108 valence electrons. The van der Waals surface area contributed by atoms with E-state index in [0.717, 1.165) is 38.6 Å². The summed E-state index contributed by atoms with van der Waals surface area (Å²) in [4.78, 5) is 12.3. The zero-order valence-corrected chi connectivity index (χ0v) is 12.6. The minimum absolute atomic E-state index is 0.171. The SMILES string of the molecule is CCCCCCNC(=O)C(CN)(CCC)CCC. The smallest absolute Gasteiger partial charge is 0.227 e. The minimum atomic E-state index is -0.325. The van der Waals surface area contributed by atoms with Gasteiger partial charge < -0.3 is 11.1 Å². The number of amides is 1. The number of nitrogens with one attached hydrogen (secondary N) is 1.